The Balaban J connectivity index is 1.52. The zero-order valence-corrected chi connectivity index (χ0v) is 22.4. The molecule has 218 valence electrons. The molecule has 6 rings (SSSR count). The first-order valence-corrected chi connectivity index (χ1v) is 13.5. The van der Waals surface area contributed by atoms with Crippen LogP contribution in [0.3, 0.4) is 0 Å². The number of hydrogen-bond donors (Lipinski definition) is 1. The minimum absolute atomic E-state index is 0.0471. The van der Waals surface area contributed by atoms with Gasteiger partial charge in [-0.05, 0) is 54.3 Å². The number of halogens is 4. The molecule has 0 radical (unpaired) electrons. The lowest BCUT2D eigenvalue weighted by molar-refractivity contribution is -0.137. The molecule has 8 nitrogen and oxygen atoms in total. The van der Waals surface area contributed by atoms with E-state index < -0.39 is 71.4 Å². The highest BCUT2D eigenvalue weighted by Gasteiger charge is 2.57. The average molecular weight is 590 g/mol. The maximum Gasteiger partial charge on any atom is 0.255 e. The Labute approximate surface area is 243 Å². The molecule has 3 aromatic rings. The minimum atomic E-state index is -2.96. The van der Waals surface area contributed by atoms with Crippen LogP contribution in [0.25, 0.3) is 0 Å². The summed E-state index contributed by atoms with van der Waals surface area (Å²) in [4.78, 5) is 47.9. The lowest BCUT2D eigenvalue weighted by atomic mass is 9.83. The molecule has 1 N–H and O–H groups in total. The molecule has 1 saturated carbocycles. The lowest BCUT2D eigenvalue weighted by Gasteiger charge is -2.44. The number of nitrogens with zero attached hydrogens (tertiary/aromatic N) is 4. The molecule has 0 saturated heterocycles. The molecule has 0 bridgehead atoms. The van der Waals surface area contributed by atoms with Gasteiger partial charge in [0.05, 0.1) is 17.3 Å². The number of carbonyl (C=O) groups is 3. The number of pyridine rings is 1. The smallest absolute Gasteiger partial charge is 0.255 e. The van der Waals surface area contributed by atoms with Crippen LogP contribution in [0, 0.1) is 23.0 Å². The van der Waals surface area contributed by atoms with Crippen molar-refractivity contribution in [2.75, 3.05) is 9.80 Å². The molecular weight excluding hydrogens is 566 g/mol. The Morgan fingerprint density at radius 2 is 1.86 bits per heavy atom. The van der Waals surface area contributed by atoms with E-state index in [2.05, 4.69) is 10.3 Å². The third-order valence-electron chi connectivity index (χ3n) is 8.11. The Hall–Kier alpha value is -5.05. The van der Waals surface area contributed by atoms with Gasteiger partial charge in [0.1, 0.15) is 11.9 Å². The minimum Gasteiger partial charge on any atom is -0.351 e. The van der Waals surface area contributed by atoms with Crippen molar-refractivity contribution in [3.8, 4) is 6.07 Å². The first-order chi connectivity index (χ1) is 20.6. The maximum absolute atomic E-state index is 15.7. The summed E-state index contributed by atoms with van der Waals surface area (Å²) in [5.41, 5.74) is -1.42. The van der Waals surface area contributed by atoms with Crippen molar-refractivity contribution in [1.82, 2.24) is 10.3 Å². The van der Waals surface area contributed by atoms with Crippen LogP contribution in [-0.2, 0) is 26.3 Å². The highest BCUT2D eigenvalue weighted by Crippen LogP contribution is 2.47. The van der Waals surface area contributed by atoms with Crippen LogP contribution in [0.1, 0.15) is 36.0 Å². The summed E-state index contributed by atoms with van der Waals surface area (Å²) in [5, 5.41) is 12.0. The van der Waals surface area contributed by atoms with Gasteiger partial charge in [-0.1, -0.05) is 30.3 Å². The van der Waals surface area contributed by atoms with Gasteiger partial charge in [-0.3, -0.25) is 24.2 Å². The second-order valence-corrected chi connectivity index (χ2v) is 10.7. The van der Waals surface area contributed by atoms with Crippen LogP contribution in [-0.4, -0.2) is 40.7 Å². The van der Waals surface area contributed by atoms with Crippen LogP contribution < -0.4 is 15.1 Å². The second-order valence-electron chi connectivity index (χ2n) is 10.7. The van der Waals surface area contributed by atoms with E-state index in [0.717, 1.165) is 28.0 Å². The summed E-state index contributed by atoms with van der Waals surface area (Å²) < 4.78 is 57.8. The zero-order valence-electron chi connectivity index (χ0n) is 22.4. The normalized spacial score (nSPS) is 22.1. The standard InChI is InChI=1S/C31H23F4N5O3/c32-22-6-3-7-23(27(22)33)40(28(42)24-8-9-26(41)39(24)25-14-18(17-36)11-13-37-25)31(12-10-19-4-1-2-5-21(19)31)29(43)38-20-15-30(34,35)16-20/h1-9,11,13-14,20,24H,10,12,15-16H2,(H,38,43)/t24-,31+/m0/s1. The van der Waals surface area contributed by atoms with Gasteiger partial charge in [0.2, 0.25) is 0 Å². The van der Waals surface area contributed by atoms with E-state index in [1.165, 1.54) is 30.5 Å². The highest BCUT2D eigenvalue weighted by atomic mass is 19.3. The molecule has 2 aliphatic carbocycles. The number of benzene rings is 2. The van der Waals surface area contributed by atoms with E-state index >= 15 is 4.39 Å². The van der Waals surface area contributed by atoms with Gasteiger partial charge in [-0.15, -0.1) is 0 Å². The summed E-state index contributed by atoms with van der Waals surface area (Å²) in [6, 6.07) is 12.1. The van der Waals surface area contributed by atoms with Crippen molar-refractivity contribution >= 4 is 29.2 Å². The number of aryl methyl sites for hydroxylation is 1. The molecule has 3 amide bonds. The molecule has 2 aromatic carbocycles. The number of nitriles is 1. The fourth-order valence-corrected chi connectivity index (χ4v) is 6.08. The molecule has 2 atom stereocenters. The first-order valence-electron chi connectivity index (χ1n) is 13.5. The number of fused-ring (bicyclic) bond motifs is 1. The zero-order chi connectivity index (χ0) is 30.5. The van der Waals surface area contributed by atoms with E-state index in [1.54, 1.807) is 24.3 Å². The van der Waals surface area contributed by atoms with Gasteiger partial charge in [-0.2, -0.15) is 5.26 Å². The van der Waals surface area contributed by atoms with Crippen LogP contribution in [0.2, 0.25) is 0 Å². The van der Waals surface area contributed by atoms with Crippen molar-refractivity contribution in [2.45, 2.75) is 49.2 Å². The van der Waals surface area contributed by atoms with Crippen LogP contribution in [0.5, 0.6) is 0 Å². The molecule has 1 aromatic heterocycles. The van der Waals surface area contributed by atoms with E-state index in [1.807, 2.05) is 6.07 Å². The van der Waals surface area contributed by atoms with E-state index in [9.17, 15) is 32.8 Å². The molecule has 12 heteroatoms. The van der Waals surface area contributed by atoms with Crippen molar-refractivity contribution in [1.29, 1.82) is 5.26 Å². The van der Waals surface area contributed by atoms with Gasteiger partial charge in [0.15, 0.2) is 17.2 Å². The summed E-state index contributed by atoms with van der Waals surface area (Å²) in [5.74, 6) is -8.16. The number of alkyl halides is 2. The Morgan fingerprint density at radius 1 is 1.09 bits per heavy atom. The first kappa shape index (κ1) is 28.1. The maximum atomic E-state index is 15.7. The Morgan fingerprint density at radius 3 is 2.60 bits per heavy atom. The van der Waals surface area contributed by atoms with E-state index in [-0.39, 0.29) is 24.2 Å². The fraction of sp³-hybridized carbons (Fsp3) is 0.258. The quantitative estimate of drug-likeness (QED) is 0.432. The van der Waals surface area contributed by atoms with Crippen molar-refractivity contribution < 1.29 is 31.9 Å². The molecule has 43 heavy (non-hydrogen) atoms. The van der Waals surface area contributed by atoms with Gasteiger partial charge >= 0.3 is 0 Å². The predicted molar refractivity (Wildman–Crippen MR) is 146 cm³/mol. The lowest BCUT2D eigenvalue weighted by Crippen LogP contribution is -2.64. The molecule has 0 unspecified atom stereocenters. The van der Waals surface area contributed by atoms with Crippen LogP contribution >= 0.6 is 0 Å². The molecule has 1 aliphatic heterocycles. The van der Waals surface area contributed by atoms with E-state index in [0.29, 0.717) is 11.1 Å². The van der Waals surface area contributed by atoms with Gasteiger partial charge < -0.3 is 5.32 Å². The van der Waals surface area contributed by atoms with Crippen molar-refractivity contribution in [3.05, 3.63) is 101 Å². The second kappa shape index (κ2) is 10.3. The van der Waals surface area contributed by atoms with Gasteiger partial charge in [-0.25, -0.2) is 22.5 Å². The molecule has 0 spiro atoms. The number of hydrogen-bond acceptors (Lipinski definition) is 5. The van der Waals surface area contributed by atoms with E-state index in [4.69, 9.17) is 0 Å². The number of amides is 3. The van der Waals surface area contributed by atoms with Crippen molar-refractivity contribution in [2.24, 2.45) is 0 Å². The summed E-state index contributed by atoms with van der Waals surface area (Å²) in [6.07, 6.45) is 2.61. The van der Waals surface area contributed by atoms with Crippen molar-refractivity contribution in [3.63, 3.8) is 0 Å². The number of nitrogens with one attached hydrogen (secondary N) is 1. The monoisotopic (exact) mass is 589 g/mol. The number of rotatable bonds is 6. The molecular formula is C31H23F4N5O3. The molecule has 1 fully saturated rings. The molecule has 3 aliphatic rings. The summed E-state index contributed by atoms with van der Waals surface area (Å²) >= 11 is 0. The Kier molecular flexibility index (Phi) is 6.76. The molecule has 2 heterocycles. The SMILES string of the molecule is N#Cc1ccnc(N2C(=O)C=C[C@H]2C(=O)N(c2cccc(F)c2F)[C@]2(C(=O)NC3CC(F)(F)C3)CCc3ccccc32)c1. The third kappa shape index (κ3) is 4.61. The number of aromatic nitrogens is 1. The Bertz CT molecular complexity index is 1730. The summed E-state index contributed by atoms with van der Waals surface area (Å²) in [6.45, 7) is 0. The summed E-state index contributed by atoms with van der Waals surface area (Å²) in [7, 11) is 0. The average Bonchev–Trinajstić information content (AvgIpc) is 3.56. The third-order valence-corrected chi connectivity index (χ3v) is 8.11. The number of anilines is 2. The van der Waals surface area contributed by atoms with Gasteiger partial charge in [0, 0.05) is 31.2 Å². The highest BCUT2D eigenvalue weighted by molar-refractivity contribution is 6.16. The van der Waals surface area contributed by atoms with Crippen LogP contribution in [0.15, 0.2) is 72.9 Å². The topological polar surface area (TPSA) is 106 Å². The fourth-order valence-electron chi connectivity index (χ4n) is 6.08. The number of carbonyl (C=O) groups excluding carboxylic acids is 3. The largest absolute Gasteiger partial charge is 0.351 e. The van der Waals surface area contributed by atoms with Gasteiger partial charge in [0.25, 0.3) is 23.6 Å². The predicted octanol–water partition coefficient (Wildman–Crippen LogP) is 4.29. The van der Waals surface area contributed by atoms with Crippen LogP contribution in [0.4, 0.5) is 29.1 Å².